The molecule has 0 unspecified atom stereocenters. The van der Waals surface area contributed by atoms with Crippen molar-refractivity contribution in [2.45, 2.75) is 44.6 Å². The van der Waals surface area contributed by atoms with Crippen molar-refractivity contribution in [3.63, 3.8) is 0 Å². The SMILES string of the molecule is Cc1cc([C@@H](C)Nc2ccc(Cl)nc2C(=O)O)c2nc(C34CC(C#N)(C3)C4)n(C)c(=O)c2c1. The van der Waals surface area contributed by atoms with E-state index in [9.17, 15) is 20.0 Å². The van der Waals surface area contributed by atoms with Gasteiger partial charge < -0.3 is 10.4 Å². The van der Waals surface area contributed by atoms with E-state index in [1.165, 1.54) is 6.07 Å². The number of halogens is 1. The number of pyridine rings is 1. The molecule has 0 radical (unpaired) electrons. The van der Waals surface area contributed by atoms with Crippen molar-refractivity contribution in [1.82, 2.24) is 14.5 Å². The Morgan fingerprint density at radius 3 is 2.64 bits per heavy atom. The molecule has 1 aromatic carbocycles. The summed E-state index contributed by atoms with van der Waals surface area (Å²) in [4.78, 5) is 33.8. The highest BCUT2D eigenvalue weighted by atomic mass is 35.5. The van der Waals surface area contributed by atoms with E-state index in [1.54, 1.807) is 17.7 Å². The smallest absolute Gasteiger partial charge is 0.356 e. The van der Waals surface area contributed by atoms with Crippen LogP contribution >= 0.6 is 11.6 Å². The lowest BCUT2D eigenvalue weighted by atomic mass is 9.35. The van der Waals surface area contributed by atoms with Gasteiger partial charge in [0.1, 0.15) is 11.0 Å². The fourth-order valence-electron chi connectivity index (χ4n) is 5.53. The van der Waals surface area contributed by atoms with Crippen LogP contribution in [0, 0.1) is 23.7 Å². The Morgan fingerprint density at radius 1 is 1.30 bits per heavy atom. The second kappa shape index (κ2) is 7.03. The summed E-state index contributed by atoms with van der Waals surface area (Å²) in [6.07, 6.45) is 2.20. The summed E-state index contributed by atoms with van der Waals surface area (Å²) in [5, 5.41) is 22.7. The number of hydrogen-bond acceptors (Lipinski definition) is 6. The first-order valence-electron chi connectivity index (χ1n) is 10.7. The highest BCUT2D eigenvalue weighted by molar-refractivity contribution is 6.29. The topological polar surface area (TPSA) is 121 Å². The average molecular weight is 464 g/mol. The lowest BCUT2D eigenvalue weighted by Crippen LogP contribution is -2.65. The van der Waals surface area contributed by atoms with Crippen LogP contribution in [0.5, 0.6) is 0 Å². The number of nitriles is 1. The molecule has 0 amide bonds. The van der Waals surface area contributed by atoms with Gasteiger partial charge in [0.25, 0.3) is 5.56 Å². The van der Waals surface area contributed by atoms with Crippen LogP contribution in [0.4, 0.5) is 5.69 Å². The van der Waals surface area contributed by atoms with Crippen molar-refractivity contribution < 1.29 is 9.90 Å². The van der Waals surface area contributed by atoms with Crippen LogP contribution in [0.1, 0.15) is 59.7 Å². The molecule has 3 saturated carbocycles. The predicted octanol–water partition coefficient (Wildman–Crippen LogP) is 4.11. The molecular weight excluding hydrogens is 442 g/mol. The molecule has 8 nitrogen and oxygen atoms in total. The van der Waals surface area contributed by atoms with Crippen molar-refractivity contribution in [2.24, 2.45) is 12.5 Å². The fraction of sp³-hybridized carbons (Fsp3) is 0.375. The molecule has 3 aliphatic rings. The van der Waals surface area contributed by atoms with Crippen molar-refractivity contribution in [3.05, 3.63) is 62.4 Å². The van der Waals surface area contributed by atoms with Gasteiger partial charge in [-0.3, -0.25) is 9.36 Å². The molecule has 9 heteroatoms. The average Bonchev–Trinajstić information content (AvgIpc) is 2.71. The molecule has 0 aliphatic heterocycles. The van der Waals surface area contributed by atoms with Gasteiger partial charge in [0.15, 0.2) is 5.69 Å². The molecule has 168 valence electrons. The molecule has 33 heavy (non-hydrogen) atoms. The summed E-state index contributed by atoms with van der Waals surface area (Å²) < 4.78 is 1.62. The van der Waals surface area contributed by atoms with Gasteiger partial charge in [-0.2, -0.15) is 5.26 Å². The number of aryl methyl sites for hydroxylation is 1. The van der Waals surface area contributed by atoms with Crippen molar-refractivity contribution >= 4 is 34.2 Å². The maximum atomic E-state index is 13.3. The summed E-state index contributed by atoms with van der Waals surface area (Å²) in [5.41, 5.74) is 1.84. The molecule has 2 bridgehead atoms. The second-order valence-electron chi connectivity index (χ2n) is 9.45. The Hall–Kier alpha value is -3.44. The minimum absolute atomic E-state index is 0.0927. The minimum Gasteiger partial charge on any atom is -0.476 e. The van der Waals surface area contributed by atoms with E-state index in [4.69, 9.17) is 16.6 Å². The molecule has 2 N–H and O–H groups in total. The summed E-state index contributed by atoms with van der Waals surface area (Å²) in [6.45, 7) is 3.80. The monoisotopic (exact) mass is 463 g/mol. The minimum atomic E-state index is -1.19. The first-order chi connectivity index (χ1) is 15.6. The van der Waals surface area contributed by atoms with Gasteiger partial charge in [0, 0.05) is 18.0 Å². The van der Waals surface area contributed by atoms with Gasteiger partial charge in [-0.25, -0.2) is 14.8 Å². The van der Waals surface area contributed by atoms with Gasteiger partial charge >= 0.3 is 5.97 Å². The van der Waals surface area contributed by atoms with E-state index in [1.807, 2.05) is 26.0 Å². The molecule has 3 aliphatic carbocycles. The zero-order valence-corrected chi connectivity index (χ0v) is 19.2. The van der Waals surface area contributed by atoms with Crippen LogP contribution in [0.15, 0.2) is 29.1 Å². The van der Waals surface area contributed by atoms with Gasteiger partial charge in [0.05, 0.1) is 34.1 Å². The van der Waals surface area contributed by atoms with Crippen LogP contribution in [0.25, 0.3) is 10.9 Å². The standard InChI is InChI=1S/C24H22ClN5O3/c1-12-6-14(13(2)27-16-4-5-17(25)28-19(16)21(32)33)18-15(7-12)20(31)30(3)22(29-18)24-8-23(9-24,10-24)11-26/h4-7,13,27H,8-10H2,1-3H3,(H,32,33)/t13-,23?,24?/m1/s1. The molecule has 0 spiro atoms. The molecule has 3 aromatic rings. The third-order valence-corrected chi connectivity index (χ3v) is 7.21. The number of aromatic carboxylic acids is 1. The molecule has 2 aromatic heterocycles. The summed E-state index contributed by atoms with van der Waals surface area (Å²) in [7, 11) is 1.74. The number of benzene rings is 1. The zero-order valence-electron chi connectivity index (χ0n) is 18.4. The number of hydrogen-bond donors (Lipinski definition) is 2. The Kier molecular flexibility index (Phi) is 4.56. The third kappa shape index (κ3) is 3.10. The van der Waals surface area contributed by atoms with Crippen molar-refractivity contribution in [2.75, 3.05) is 5.32 Å². The molecule has 1 atom stereocenters. The molecule has 3 fully saturated rings. The van der Waals surface area contributed by atoms with Gasteiger partial charge in [-0.15, -0.1) is 0 Å². The molecule has 0 saturated heterocycles. The summed E-state index contributed by atoms with van der Waals surface area (Å²) in [5.74, 6) is -0.473. The van der Waals surface area contributed by atoms with E-state index >= 15 is 0 Å². The number of fused-ring (bicyclic) bond motifs is 1. The third-order valence-electron chi connectivity index (χ3n) is 7.00. The van der Waals surface area contributed by atoms with Gasteiger partial charge in [-0.05, 0) is 56.9 Å². The van der Waals surface area contributed by atoms with Crippen LogP contribution in [0.2, 0.25) is 5.15 Å². The molecule has 6 rings (SSSR count). The van der Waals surface area contributed by atoms with Crippen molar-refractivity contribution in [3.8, 4) is 6.07 Å². The highest BCUT2D eigenvalue weighted by Crippen LogP contribution is 2.72. The number of rotatable bonds is 5. The van der Waals surface area contributed by atoms with Crippen molar-refractivity contribution in [1.29, 1.82) is 5.26 Å². The molecule has 2 heterocycles. The number of aromatic nitrogens is 3. The van der Waals surface area contributed by atoms with E-state index in [0.29, 0.717) is 22.4 Å². The summed E-state index contributed by atoms with van der Waals surface area (Å²) in [6, 6.07) is 8.93. The number of anilines is 1. The van der Waals surface area contributed by atoms with Crippen LogP contribution < -0.4 is 10.9 Å². The largest absolute Gasteiger partial charge is 0.476 e. The number of nitrogens with one attached hydrogen (secondary N) is 1. The fourth-order valence-corrected chi connectivity index (χ4v) is 5.67. The van der Waals surface area contributed by atoms with Crippen LogP contribution in [0.3, 0.4) is 0 Å². The quantitative estimate of drug-likeness (QED) is 0.546. The predicted molar refractivity (Wildman–Crippen MR) is 124 cm³/mol. The first-order valence-corrected chi connectivity index (χ1v) is 11.1. The Morgan fingerprint density at radius 2 is 2.00 bits per heavy atom. The lowest BCUT2D eigenvalue weighted by Gasteiger charge is -2.66. The van der Waals surface area contributed by atoms with Crippen LogP contribution in [-0.4, -0.2) is 25.6 Å². The Labute approximate surface area is 194 Å². The van der Waals surface area contributed by atoms with E-state index in [-0.39, 0.29) is 33.3 Å². The number of carboxylic acid groups (broad SMARTS) is 1. The summed E-state index contributed by atoms with van der Waals surface area (Å²) >= 11 is 5.88. The maximum Gasteiger partial charge on any atom is 0.356 e. The molecular formula is C24H22ClN5O3. The van der Waals surface area contributed by atoms with Crippen LogP contribution in [-0.2, 0) is 12.5 Å². The van der Waals surface area contributed by atoms with E-state index in [2.05, 4.69) is 16.4 Å². The number of carboxylic acids is 1. The van der Waals surface area contributed by atoms with Gasteiger partial charge in [0.2, 0.25) is 0 Å². The van der Waals surface area contributed by atoms with Gasteiger partial charge in [-0.1, -0.05) is 17.7 Å². The number of nitrogens with zero attached hydrogens (tertiary/aromatic N) is 4. The Balaban J connectivity index is 1.61. The first kappa shape index (κ1) is 21.4. The lowest BCUT2D eigenvalue weighted by molar-refractivity contribution is -0.101. The van der Waals surface area contributed by atoms with E-state index in [0.717, 1.165) is 30.4 Å². The van der Waals surface area contributed by atoms with E-state index < -0.39 is 5.97 Å². The zero-order chi connectivity index (χ0) is 23.7. The Bertz CT molecular complexity index is 1440. The number of carbonyl (C=O) groups is 1. The second-order valence-corrected chi connectivity index (χ2v) is 9.84. The highest BCUT2D eigenvalue weighted by Gasteiger charge is 2.70. The normalized spacial score (nSPS) is 23.8. The maximum absolute atomic E-state index is 13.3.